The quantitative estimate of drug-likeness (QED) is 0.675. The van der Waals surface area contributed by atoms with E-state index < -0.39 is 9.70 Å². The van der Waals surface area contributed by atoms with E-state index in [1.54, 1.807) is 4.90 Å². The Morgan fingerprint density at radius 2 is 1.47 bits per heavy atom. The lowest BCUT2D eigenvalue weighted by Crippen LogP contribution is -2.40. The highest BCUT2D eigenvalue weighted by Gasteiger charge is 2.34. The molecule has 90 valence electrons. The number of hydrogen-bond acceptors (Lipinski definition) is 1. The van der Waals surface area contributed by atoms with E-state index in [2.05, 4.69) is 13.8 Å². The zero-order valence-electron chi connectivity index (χ0n) is 9.23. The lowest BCUT2D eigenvalue weighted by atomic mass is 10.2. The first kappa shape index (κ1) is 15.3. The minimum absolute atomic E-state index is 0.408. The normalized spacial score (nSPS) is 11.5. The van der Waals surface area contributed by atoms with Crippen molar-refractivity contribution in [2.45, 2.75) is 43.3 Å². The van der Waals surface area contributed by atoms with Gasteiger partial charge in [-0.15, -0.1) is 0 Å². The van der Waals surface area contributed by atoms with Crippen LogP contribution in [-0.2, 0) is 4.79 Å². The van der Waals surface area contributed by atoms with Crippen molar-refractivity contribution in [1.82, 2.24) is 4.90 Å². The number of hydrogen-bond donors (Lipinski definition) is 0. The number of amides is 1. The highest BCUT2D eigenvalue weighted by molar-refractivity contribution is 6.76. The summed E-state index contributed by atoms with van der Waals surface area (Å²) in [5.74, 6) is -0.408. The number of halogens is 3. The first-order valence-electron chi connectivity index (χ1n) is 5.29. The molecule has 0 aliphatic carbocycles. The van der Waals surface area contributed by atoms with Crippen molar-refractivity contribution >= 4 is 40.7 Å². The van der Waals surface area contributed by atoms with Crippen molar-refractivity contribution in [3.05, 3.63) is 0 Å². The van der Waals surface area contributed by atoms with Gasteiger partial charge in [-0.3, -0.25) is 4.79 Å². The Balaban J connectivity index is 4.27. The van der Waals surface area contributed by atoms with E-state index in [9.17, 15) is 4.79 Å². The van der Waals surface area contributed by atoms with Gasteiger partial charge < -0.3 is 4.90 Å². The molecule has 0 saturated carbocycles. The molecule has 15 heavy (non-hydrogen) atoms. The van der Waals surface area contributed by atoms with Crippen LogP contribution in [0.1, 0.15) is 39.5 Å². The van der Waals surface area contributed by atoms with Crippen LogP contribution in [0.2, 0.25) is 0 Å². The fourth-order valence-electron chi connectivity index (χ4n) is 1.19. The Bertz CT molecular complexity index is 184. The lowest BCUT2D eigenvalue weighted by molar-refractivity contribution is -0.130. The second-order valence-electron chi connectivity index (χ2n) is 3.50. The maximum Gasteiger partial charge on any atom is 0.274 e. The summed E-state index contributed by atoms with van der Waals surface area (Å²) in [5.41, 5.74) is 0. The third-order valence-corrected chi connectivity index (χ3v) is 2.58. The van der Waals surface area contributed by atoms with E-state index in [4.69, 9.17) is 34.8 Å². The van der Waals surface area contributed by atoms with E-state index in [0.717, 1.165) is 25.7 Å². The Morgan fingerprint density at radius 3 is 1.73 bits per heavy atom. The van der Waals surface area contributed by atoms with Crippen LogP contribution in [0.3, 0.4) is 0 Å². The van der Waals surface area contributed by atoms with Crippen LogP contribution in [0.25, 0.3) is 0 Å². The molecule has 0 aromatic carbocycles. The molecule has 0 aliphatic heterocycles. The Hall–Kier alpha value is 0.340. The molecule has 0 rings (SSSR count). The summed E-state index contributed by atoms with van der Waals surface area (Å²) in [6.07, 6.45) is 3.93. The van der Waals surface area contributed by atoms with E-state index in [1.165, 1.54) is 0 Å². The number of carbonyl (C=O) groups excluding carboxylic acids is 1. The summed E-state index contributed by atoms with van der Waals surface area (Å²) in [6, 6.07) is 0. The zero-order valence-corrected chi connectivity index (χ0v) is 11.5. The topological polar surface area (TPSA) is 20.3 Å². The molecular weight excluding hydrogens is 256 g/mol. The molecule has 0 N–H and O–H groups in total. The zero-order chi connectivity index (χ0) is 11.9. The monoisotopic (exact) mass is 273 g/mol. The second-order valence-corrected chi connectivity index (χ2v) is 5.78. The predicted octanol–water partition coefficient (Wildman–Crippen LogP) is 3.79. The standard InChI is InChI=1S/C10H18Cl3NO/c1-3-5-7-14(8-6-4-2)9(15)10(11,12)13/h3-8H2,1-2H3. The van der Waals surface area contributed by atoms with Gasteiger partial charge in [-0.1, -0.05) is 61.5 Å². The maximum absolute atomic E-state index is 11.7. The number of unbranched alkanes of at least 4 members (excludes halogenated alkanes) is 2. The number of rotatable bonds is 6. The van der Waals surface area contributed by atoms with Crippen LogP contribution in [0.5, 0.6) is 0 Å². The Morgan fingerprint density at radius 1 is 1.07 bits per heavy atom. The van der Waals surface area contributed by atoms with Crippen LogP contribution in [0.4, 0.5) is 0 Å². The third-order valence-electron chi connectivity index (χ3n) is 2.09. The van der Waals surface area contributed by atoms with Crippen molar-refractivity contribution in [3.63, 3.8) is 0 Å². The van der Waals surface area contributed by atoms with E-state index in [-0.39, 0.29) is 0 Å². The van der Waals surface area contributed by atoms with Gasteiger partial charge in [0.25, 0.3) is 9.70 Å². The van der Waals surface area contributed by atoms with Crippen LogP contribution in [-0.4, -0.2) is 27.7 Å². The molecule has 0 radical (unpaired) electrons. The van der Waals surface area contributed by atoms with E-state index in [1.807, 2.05) is 0 Å². The van der Waals surface area contributed by atoms with Crippen molar-refractivity contribution in [3.8, 4) is 0 Å². The Labute approximate surface area is 107 Å². The molecule has 0 aliphatic rings. The molecule has 0 spiro atoms. The molecule has 0 fully saturated rings. The summed E-state index contributed by atoms with van der Waals surface area (Å²) >= 11 is 16.7. The molecule has 0 saturated heterocycles. The van der Waals surface area contributed by atoms with Crippen molar-refractivity contribution in [2.24, 2.45) is 0 Å². The molecule has 0 aromatic rings. The lowest BCUT2D eigenvalue weighted by Gasteiger charge is -2.25. The molecule has 1 amide bonds. The van der Waals surface area contributed by atoms with Gasteiger partial charge >= 0.3 is 0 Å². The van der Waals surface area contributed by atoms with Gasteiger partial charge in [-0.05, 0) is 12.8 Å². The first-order chi connectivity index (χ1) is 6.93. The van der Waals surface area contributed by atoms with Crippen LogP contribution >= 0.6 is 34.8 Å². The highest BCUT2D eigenvalue weighted by atomic mass is 35.6. The maximum atomic E-state index is 11.7. The average molecular weight is 275 g/mol. The molecule has 2 nitrogen and oxygen atoms in total. The molecular formula is C10H18Cl3NO. The minimum atomic E-state index is -1.82. The minimum Gasteiger partial charge on any atom is -0.339 e. The van der Waals surface area contributed by atoms with Gasteiger partial charge in [0.2, 0.25) is 0 Å². The molecule has 0 bridgehead atoms. The average Bonchev–Trinajstić information content (AvgIpc) is 2.16. The van der Waals surface area contributed by atoms with Gasteiger partial charge in [0, 0.05) is 13.1 Å². The molecule has 0 unspecified atom stereocenters. The molecule has 0 heterocycles. The highest BCUT2D eigenvalue weighted by Crippen LogP contribution is 2.28. The van der Waals surface area contributed by atoms with Crippen LogP contribution < -0.4 is 0 Å². The summed E-state index contributed by atoms with van der Waals surface area (Å²) < 4.78 is -1.82. The molecule has 0 atom stereocenters. The smallest absolute Gasteiger partial charge is 0.274 e. The summed E-state index contributed by atoms with van der Waals surface area (Å²) in [6.45, 7) is 5.47. The fourth-order valence-corrected chi connectivity index (χ4v) is 1.55. The Kier molecular flexibility index (Phi) is 7.76. The summed E-state index contributed by atoms with van der Waals surface area (Å²) in [4.78, 5) is 13.3. The van der Waals surface area contributed by atoms with Crippen molar-refractivity contribution < 1.29 is 4.79 Å². The van der Waals surface area contributed by atoms with E-state index in [0.29, 0.717) is 13.1 Å². The predicted molar refractivity (Wildman–Crippen MR) is 66.7 cm³/mol. The first-order valence-corrected chi connectivity index (χ1v) is 6.43. The largest absolute Gasteiger partial charge is 0.339 e. The van der Waals surface area contributed by atoms with Gasteiger partial charge in [0.1, 0.15) is 0 Å². The van der Waals surface area contributed by atoms with Crippen molar-refractivity contribution in [2.75, 3.05) is 13.1 Å². The SMILES string of the molecule is CCCCN(CCCC)C(=O)C(Cl)(Cl)Cl. The summed E-state index contributed by atoms with van der Waals surface area (Å²) in [5, 5.41) is 0. The number of alkyl halides is 3. The summed E-state index contributed by atoms with van der Waals surface area (Å²) in [7, 11) is 0. The number of nitrogens with zero attached hydrogens (tertiary/aromatic N) is 1. The molecule has 0 aromatic heterocycles. The number of carbonyl (C=O) groups is 1. The van der Waals surface area contributed by atoms with Crippen molar-refractivity contribution in [1.29, 1.82) is 0 Å². The van der Waals surface area contributed by atoms with Gasteiger partial charge in [0.05, 0.1) is 0 Å². The van der Waals surface area contributed by atoms with E-state index >= 15 is 0 Å². The molecule has 5 heteroatoms. The van der Waals surface area contributed by atoms with Crippen LogP contribution in [0, 0.1) is 0 Å². The van der Waals surface area contributed by atoms with Gasteiger partial charge in [0.15, 0.2) is 0 Å². The van der Waals surface area contributed by atoms with Gasteiger partial charge in [-0.25, -0.2) is 0 Å². The second kappa shape index (κ2) is 7.59. The van der Waals surface area contributed by atoms with Gasteiger partial charge in [-0.2, -0.15) is 0 Å². The van der Waals surface area contributed by atoms with Crippen LogP contribution in [0.15, 0.2) is 0 Å². The third kappa shape index (κ3) is 6.49. The fraction of sp³-hybridized carbons (Fsp3) is 0.900.